The largest absolute Gasteiger partial charge is 0.491 e. The zero-order valence-electron chi connectivity index (χ0n) is 10.7. The lowest BCUT2D eigenvalue weighted by atomic mass is 10.0. The lowest BCUT2D eigenvalue weighted by molar-refractivity contribution is 0.0945. The van der Waals surface area contributed by atoms with Crippen LogP contribution < -0.4 is 9.47 Å². The van der Waals surface area contributed by atoms with Crippen molar-refractivity contribution in [3.63, 3.8) is 0 Å². The van der Waals surface area contributed by atoms with E-state index in [0.717, 1.165) is 5.56 Å². The van der Waals surface area contributed by atoms with Crippen molar-refractivity contribution in [2.45, 2.75) is 11.4 Å². The minimum Gasteiger partial charge on any atom is -0.491 e. The highest BCUT2D eigenvalue weighted by Gasteiger charge is 2.27. The number of alkyl halides is 1. The van der Waals surface area contributed by atoms with Crippen LogP contribution in [0.15, 0.2) is 48.5 Å². The molecule has 0 amide bonds. The van der Waals surface area contributed by atoms with E-state index in [0.29, 0.717) is 30.3 Å². The molecule has 1 aliphatic rings. The number of hydrogen-bond donors (Lipinski definition) is 0. The third-order valence-electron chi connectivity index (χ3n) is 3.13. The number of carbonyl (C=O) groups excluding carboxylic acids is 1. The Morgan fingerprint density at radius 2 is 2.00 bits per heavy atom. The van der Waals surface area contributed by atoms with Crippen molar-refractivity contribution < 1.29 is 14.3 Å². The Morgan fingerprint density at radius 3 is 2.80 bits per heavy atom. The summed E-state index contributed by atoms with van der Waals surface area (Å²) in [6.07, 6.45) is 0. The molecule has 0 radical (unpaired) electrons. The number of benzene rings is 2. The average Bonchev–Trinajstić information content (AvgIpc) is 2.50. The van der Waals surface area contributed by atoms with Crippen LogP contribution in [0.4, 0.5) is 0 Å². The third kappa shape index (κ3) is 2.70. The van der Waals surface area contributed by atoms with Crippen molar-refractivity contribution in [1.29, 1.82) is 0 Å². The Labute approximate surface area is 125 Å². The van der Waals surface area contributed by atoms with Crippen molar-refractivity contribution in [1.82, 2.24) is 0 Å². The van der Waals surface area contributed by atoms with E-state index in [-0.39, 0.29) is 10.6 Å². The third-order valence-corrected chi connectivity index (χ3v) is 3.81. The van der Waals surface area contributed by atoms with E-state index >= 15 is 0 Å². The molecular weight excluding hydrogens is 320 g/mol. The number of fused-ring (bicyclic) bond motifs is 1. The van der Waals surface area contributed by atoms with Crippen LogP contribution in [0.3, 0.4) is 0 Å². The van der Waals surface area contributed by atoms with Crippen LogP contribution in [0.1, 0.15) is 15.9 Å². The van der Waals surface area contributed by atoms with Gasteiger partial charge in [-0.3, -0.25) is 4.79 Å². The summed E-state index contributed by atoms with van der Waals surface area (Å²) in [6.45, 7) is 0.850. The van der Waals surface area contributed by atoms with Gasteiger partial charge in [-0.15, -0.1) is 0 Å². The van der Waals surface area contributed by atoms with Gasteiger partial charge in [0.25, 0.3) is 0 Å². The van der Waals surface area contributed by atoms with Crippen LogP contribution in [0.25, 0.3) is 0 Å². The van der Waals surface area contributed by atoms with E-state index in [1.807, 2.05) is 36.4 Å². The van der Waals surface area contributed by atoms with E-state index in [2.05, 4.69) is 15.9 Å². The molecule has 2 aromatic carbocycles. The second-order valence-corrected chi connectivity index (χ2v) is 5.68. The molecule has 1 aliphatic heterocycles. The fourth-order valence-electron chi connectivity index (χ4n) is 2.07. The molecule has 0 aliphatic carbocycles. The number of carbonyl (C=O) groups is 1. The molecule has 4 heteroatoms. The monoisotopic (exact) mass is 332 g/mol. The van der Waals surface area contributed by atoms with Crippen LogP contribution in [-0.4, -0.2) is 17.2 Å². The number of halogens is 1. The summed E-state index contributed by atoms with van der Waals surface area (Å²) in [5.41, 5.74) is 1.66. The van der Waals surface area contributed by atoms with Crippen LogP contribution in [0.5, 0.6) is 11.5 Å². The van der Waals surface area contributed by atoms with Crippen LogP contribution in [0, 0.1) is 0 Å². The van der Waals surface area contributed by atoms with Crippen LogP contribution in [-0.2, 0) is 6.61 Å². The Morgan fingerprint density at radius 1 is 1.20 bits per heavy atom. The molecule has 0 saturated carbocycles. The summed E-state index contributed by atoms with van der Waals surface area (Å²) in [6, 6.07) is 15.3. The Kier molecular flexibility index (Phi) is 3.74. The number of ether oxygens (including phenoxy) is 2. The van der Waals surface area contributed by atoms with Gasteiger partial charge >= 0.3 is 0 Å². The van der Waals surface area contributed by atoms with E-state index in [1.165, 1.54) is 0 Å². The lowest BCUT2D eigenvalue weighted by Gasteiger charge is -2.20. The topological polar surface area (TPSA) is 35.5 Å². The van der Waals surface area contributed by atoms with Crippen LogP contribution in [0.2, 0.25) is 0 Å². The molecule has 0 saturated heterocycles. The summed E-state index contributed by atoms with van der Waals surface area (Å²) in [4.78, 5) is 11.8. The first-order chi connectivity index (χ1) is 9.74. The smallest absolute Gasteiger partial charge is 0.183 e. The average molecular weight is 333 g/mol. The summed E-state index contributed by atoms with van der Waals surface area (Å²) in [5.74, 6) is 1.33. The summed E-state index contributed by atoms with van der Waals surface area (Å²) >= 11 is 3.31. The summed E-state index contributed by atoms with van der Waals surface area (Å²) in [5, 5.41) is 0. The molecule has 1 atom stereocenters. The van der Waals surface area contributed by atoms with Gasteiger partial charge in [0.15, 0.2) is 5.78 Å². The molecule has 1 unspecified atom stereocenters. The van der Waals surface area contributed by atoms with Gasteiger partial charge in [0.2, 0.25) is 0 Å². The maximum atomic E-state index is 12.1. The number of Topliss-reactive ketones (excluding diaryl/α,β-unsaturated/α-hetero) is 1. The van der Waals surface area contributed by atoms with Gasteiger partial charge in [-0.1, -0.05) is 46.3 Å². The van der Waals surface area contributed by atoms with Crippen LogP contribution >= 0.6 is 15.9 Å². The zero-order valence-corrected chi connectivity index (χ0v) is 12.3. The molecule has 2 aromatic rings. The summed E-state index contributed by atoms with van der Waals surface area (Å²) in [7, 11) is 0. The van der Waals surface area contributed by atoms with E-state index in [4.69, 9.17) is 9.47 Å². The van der Waals surface area contributed by atoms with E-state index in [9.17, 15) is 4.79 Å². The fourth-order valence-corrected chi connectivity index (χ4v) is 2.44. The van der Waals surface area contributed by atoms with Gasteiger partial charge in [0.05, 0.1) is 5.56 Å². The maximum absolute atomic E-state index is 12.1. The molecule has 0 bridgehead atoms. The first-order valence-corrected chi connectivity index (χ1v) is 7.27. The van der Waals surface area contributed by atoms with Gasteiger partial charge in [0.1, 0.15) is 29.5 Å². The minimum absolute atomic E-state index is 0.0383. The molecule has 0 aromatic heterocycles. The normalized spacial score (nSPS) is 17.2. The molecule has 20 heavy (non-hydrogen) atoms. The van der Waals surface area contributed by atoms with Gasteiger partial charge in [-0.25, -0.2) is 0 Å². The maximum Gasteiger partial charge on any atom is 0.183 e. The number of ketones is 1. The predicted molar refractivity (Wildman–Crippen MR) is 79.8 cm³/mol. The molecule has 3 rings (SSSR count). The predicted octanol–water partition coefficient (Wildman–Crippen LogP) is 3.60. The van der Waals surface area contributed by atoms with Crippen molar-refractivity contribution in [2.75, 3.05) is 6.61 Å². The second-order valence-electron chi connectivity index (χ2n) is 4.58. The highest BCUT2D eigenvalue weighted by Crippen LogP contribution is 2.31. The molecule has 3 nitrogen and oxygen atoms in total. The molecule has 0 fully saturated rings. The molecule has 0 spiro atoms. The van der Waals surface area contributed by atoms with Gasteiger partial charge in [-0.2, -0.15) is 0 Å². The number of rotatable bonds is 3. The standard InChI is InChI=1S/C16H13BrO3/c17-14-10-20-15-7-6-12(8-13(15)16(14)18)19-9-11-4-2-1-3-5-11/h1-8,14H,9-10H2. The van der Waals surface area contributed by atoms with Crippen molar-refractivity contribution in [2.24, 2.45) is 0 Å². The quantitative estimate of drug-likeness (QED) is 0.805. The highest BCUT2D eigenvalue weighted by atomic mass is 79.9. The first kappa shape index (κ1) is 13.2. The SMILES string of the molecule is O=C1c2cc(OCc3ccccc3)ccc2OCC1Br. The number of hydrogen-bond acceptors (Lipinski definition) is 3. The summed E-state index contributed by atoms with van der Waals surface area (Å²) < 4.78 is 11.2. The van der Waals surface area contributed by atoms with Crippen molar-refractivity contribution in [3.8, 4) is 11.5 Å². The molecule has 0 N–H and O–H groups in total. The first-order valence-electron chi connectivity index (χ1n) is 6.36. The van der Waals surface area contributed by atoms with Crippen molar-refractivity contribution >= 4 is 21.7 Å². The Hall–Kier alpha value is -1.81. The van der Waals surface area contributed by atoms with Crippen molar-refractivity contribution in [3.05, 3.63) is 59.7 Å². The lowest BCUT2D eigenvalue weighted by Crippen LogP contribution is -2.27. The fraction of sp³-hybridized carbons (Fsp3) is 0.188. The van der Waals surface area contributed by atoms with Gasteiger partial charge in [-0.05, 0) is 23.8 Å². The van der Waals surface area contributed by atoms with E-state index in [1.54, 1.807) is 12.1 Å². The molecule has 1 heterocycles. The molecular formula is C16H13BrO3. The zero-order chi connectivity index (χ0) is 13.9. The van der Waals surface area contributed by atoms with Gasteiger partial charge in [0, 0.05) is 0 Å². The Bertz CT molecular complexity index is 625. The van der Waals surface area contributed by atoms with E-state index < -0.39 is 0 Å². The highest BCUT2D eigenvalue weighted by molar-refractivity contribution is 9.10. The van der Waals surface area contributed by atoms with Gasteiger partial charge < -0.3 is 9.47 Å². The molecule has 102 valence electrons. The second kappa shape index (κ2) is 5.67. The Balaban J connectivity index is 1.77. The minimum atomic E-state index is -0.278.